The molecule has 1 N–H and O–H groups in total. The van der Waals surface area contributed by atoms with E-state index >= 15 is 0 Å². The molecule has 7 heteroatoms. The minimum absolute atomic E-state index is 0.0384. The lowest BCUT2D eigenvalue weighted by molar-refractivity contribution is -0.147. The van der Waals surface area contributed by atoms with Gasteiger partial charge in [0, 0.05) is 30.1 Å². The predicted octanol–water partition coefficient (Wildman–Crippen LogP) is 4.16. The first kappa shape index (κ1) is 22.2. The number of nitrogens with zero attached hydrogens (tertiary/aromatic N) is 1. The van der Waals surface area contributed by atoms with Gasteiger partial charge in [0.25, 0.3) is 5.91 Å². The Balaban J connectivity index is 1.12. The molecule has 0 aromatic heterocycles. The summed E-state index contributed by atoms with van der Waals surface area (Å²) >= 11 is 0. The summed E-state index contributed by atoms with van der Waals surface area (Å²) in [6.07, 6.45) is 8.07. The van der Waals surface area contributed by atoms with E-state index in [0.717, 1.165) is 49.9 Å². The molecular weight excluding hydrogens is 420 g/mol. The fraction of sp³-hybridized carbons (Fsp3) is 0.654. The summed E-state index contributed by atoms with van der Waals surface area (Å²) in [7, 11) is 0. The molecule has 178 valence electrons. The highest BCUT2D eigenvalue weighted by atomic mass is 16.7. The third kappa shape index (κ3) is 4.59. The van der Waals surface area contributed by atoms with Gasteiger partial charge in [0.05, 0.1) is 6.61 Å². The Labute approximate surface area is 195 Å². The van der Waals surface area contributed by atoms with Gasteiger partial charge < -0.3 is 19.7 Å². The van der Waals surface area contributed by atoms with Crippen molar-refractivity contribution in [2.45, 2.75) is 64.3 Å². The molecule has 4 saturated carbocycles. The molecule has 7 nitrogen and oxygen atoms in total. The van der Waals surface area contributed by atoms with Crippen LogP contribution in [0.5, 0.6) is 5.75 Å². The summed E-state index contributed by atoms with van der Waals surface area (Å²) < 4.78 is 9.80. The molecule has 0 atom stereocenters. The summed E-state index contributed by atoms with van der Waals surface area (Å²) in [5.41, 5.74) is 0.442. The molecule has 6 rings (SSSR count). The third-order valence-corrected chi connectivity index (χ3v) is 8.20. The highest BCUT2D eigenvalue weighted by molar-refractivity contribution is 5.94. The Morgan fingerprint density at radius 3 is 2.09 bits per heavy atom. The van der Waals surface area contributed by atoms with Crippen molar-refractivity contribution in [2.24, 2.45) is 23.2 Å². The van der Waals surface area contributed by atoms with Gasteiger partial charge in [0.1, 0.15) is 5.75 Å². The summed E-state index contributed by atoms with van der Waals surface area (Å²) in [6, 6.07) is 6.68. The molecule has 0 radical (unpaired) electrons. The second-order valence-electron chi connectivity index (χ2n) is 10.5. The van der Waals surface area contributed by atoms with Crippen molar-refractivity contribution < 1.29 is 23.9 Å². The van der Waals surface area contributed by atoms with Crippen molar-refractivity contribution in [1.29, 1.82) is 0 Å². The lowest BCUT2D eigenvalue weighted by Crippen LogP contribution is -2.56. The maximum atomic E-state index is 13.3. The molecule has 2 amide bonds. The van der Waals surface area contributed by atoms with E-state index in [1.807, 2.05) is 4.90 Å². The molecule has 5 fully saturated rings. The summed E-state index contributed by atoms with van der Waals surface area (Å²) in [5, 5.41) is 3.37. The monoisotopic (exact) mass is 454 g/mol. The lowest BCUT2D eigenvalue weighted by atomic mass is 9.49. The van der Waals surface area contributed by atoms with Gasteiger partial charge in [0.2, 0.25) is 5.91 Å². The minimum atomic E-state index is -0.755. The maximum Gasteiger partial charge on any atom is 0.513 e. The van der Waals surface area contributed by atoms with Crippen LogP contribution in [0.4, 0.5) is 4.79 Å². The zero-order valence-corrected chi connectivity index (χ0v) is 19.4. The van der Waals surface area contributed by atoms with E-state index in [-0.39, 0.29) is 29.9 Å². The van der Waals surface area contributed by atoms with Gasteiger partial charge in [-0.1, -0.05) is 0 Å². The SMILES string of the molecule is CCOC(=O)Oc1ccc(C(=O)N2CCC(NC(=O)C34CC5CC(CC(C5)C3)C4)CC2)cc1. The number of likely N-dealkylation sites (tertiary alicyclic amines) is 1. The van der Waals surface area contributed by atoms with Crippen LogP contribution in [0, 0.1) is 23.2 Å². The van der Waals surface area contributed by atoms with E-state index in [0.29, 0.717) is 24.4 Å². The van der Waals surface area contributed by atoms with Crippen molar-refractivity contribution in [3.05, 3.63) is 29.8 Å². The zero-order chi connectivity index (χ0) is 23.0. The molecule has 1 aliphatic heterocycles. The smallest absolute Gasteiger partial charge is 0.434 e. The van der Waals surface area contributed by atoms with Crippen LogP contribution in [-0.2, 0) is 9.53 Å². The van der Waals surface area contributed by atoms with Crippen molar-refractivity contribution >= 4 is 18.0 Å². The first-order valence-electron chi connectivity index (χ1n) is 12.5. The van der Waals surface area contributed by atoms with Crippen LogP contribution in [-0.4, -0.2) is 48.6 Å². The van der Waals surface area contributed by atoms with E-state index in [4.69, 9.17) is 9.47 Å². The van der Waals surface area contributed by atoms with Gasteiger partial charge in [-0.25, -0.2) is 4.79 Å². The standard InChI is InChI=1S/C26H34N2O5/c1-2-32-25(31)33-22-5-3-20(4-6-22)23(29)28-9-7-21(8-10-28)27-24(30)26-14-17-11-18(15-26)13-19(12-17)16-26/h3-6,17-19,21H,2,7-16H2,1H3,(H,27,30). The van der Waals surface area contributed by atoms with Crippen LogP contribution in [0.15, 0.2) is 24.3 Å². The van der Waals surface area contributed by atoms with Crippen LogP contribution >= 0.6 is 0 Å². The van der Waals surface area contributed by atoms with Crippen LogP contribution in [0.25, 0.3) is 0 Å². The number of carbonyl (C=O) groups is 3. The highest BCUT2D eigenvalue weighted by Gasteiger charge is 2.54. The minimum Gasteiger partial charge on any atom is -0.434 e. The Hall–Kier alpha value is -2.57. The van der Waals surface area contributed by atoms with Crippen molar-refractivity contribution in [1.82, 2.24) is 10.2 Å². The molecule has 1 aromatic rings. The highest BCUT2D eigenvalue weighted by Crippen LogP contribution is 2.60. The van der Waals surface area contributed by atoms with Crippen molar-refractivity contribution in [3.63, 3.8) is 0 Å². The van der Waals surface area contributed by atoms with Crippen molar-refractivity contribution in [3.8, 4) is 5.75 Å². The molecule has 0 spiro atoms. The largest absolute Gasteiger partial charge is 0.513 e. The fourth-order valence-corrected chi connectivity index (χ4v) is 7.05. The van der Waals surface area contributed by atoms with Crippen LogP contribution in [0.3, 0.4) is 0 Å². The molecule has 1 saturated heterocycles. The first-order chi connectivity index (χ1) is 15.9. The fourth-order valence-electron chi connectivity index (χ4n) is 7.05. The molecule has 0 unspecified atom stereocenters. The summed E-state index contributed by atoms with van der Waals surface area (Å²) in [6.45, 7) is 3.21. The molecule has 33 heavy (non-hydrogen) atoms. The number of rotatable bonds is 5. The Kier molecular flexibility index (Phi) is 6.06. The van der Waals surface area contributed by atoms with Crippen LogP contribution in [0.2, 0.25) is 0 Å². The van der Waals surface area contributed by atoms with E-state index in [2.05, 4.69) is 5.32 Å². The second kappa shape index (κ2) is 8.99. The average molecular weight is 455 g/mol. The van der Waals surface area contributed by atoms with Crippen LogP contribution < -0.4 is 10.1 Å². The van der Waals surface area contributed by atoms with Crippen molar-refractivity contribution in [2.75, 3.05) is 19.7 Å². The molecule has 1 aromatic carbocycles. The van der Waals surface area contributed by atoms with Gasteiger partial charge in [-0.3, -0.25) is 9.59 Å². The quantitative estimate of drug-likeness (QED) is 0.533. The number of hydrogen-bond acceptors (Lipinski definition) is 5. The normalized spacial score (nSPS) is 30.7. The lowest BCUT2D eigenvalue weighted by Gasteiger charge is -2.56. The first-order valence-corrected chi connectivity index (χ1v) is 12.5. The van der Waals surface area contributed by atoms with E-state index in [1.54, 1.807) is 31.2 Å². The number of nitrogens with one attached hydrogen (secondary N) is 1. The molecular formula is C26H34N2O5. The average Bonchev–Trinajstić information content (AvgIpc) is 2.79. The van der Waals surface area contributed by atoms with E-state index in [1.165, 1.54) is 19.3 Å². The van der Waals surface area contributed by atoms with Crippen LogP contribution in [0.1, 0.15) is 68.6 Å². The van der Waals surface area contributed by atoms with Gasteiger partial charge >= 0.3 is 6.16 Å². The maximum absolute atomic E-state index is 13.3. The van der Waals surface area contributed by atoms with Gasteiger partial charge in [-0.2, -0.15) is 0 Å². The predicted molar refractivity (Wildman–Crippen MR) is 122 cm³/mol. The number of piperidine rings is 1. The molecule has 4 bridgehead atoms. The molecule has 1 heterocycles. The number of benzene rings is 1. The summed E-state index contributed by atoms with van der Waals surface area (Å²) in [4.78, 5) is 39.5. The molecule has 4 aliphatic carbocycles. The number of amides is 2. The number of ether oxygens (including phenoxy) is 2. The Morgan fingerprint density at radius 2 is 1.55 bits per heavy atom. The number of hydrogen-bond donors (Lipinski definition) is 1. The van der Waals surface area contributed by atoms with E-state index in [9.17, 15) is 14.4 Å². The van der Waals surface area contributed by atoms with Gasteiger partial charge in [-0.15, -0.1) is 0 Å². The van der Waals surface area contributed by atoms with Gasteiger partial charge in [0.15, 0.2) is 0 Å². The number of carbonyl (C=O) groups excluding carboxylic acids is 3. The van der Waals surface area contributed by atoms with E-state index < -0.39 is 6.16 Å². The van der Waals surface area contributed by atoms with Gasteiger partial charge in [-0.05, 0) is 100 Å². The zero-order valence-electron chi connectivity index (χ0n) is 19.4. The molecule has 5 aliphatic rings. The summed E-state index contributed by atoms with van der Waals surface area (Å²) in [5.74, 6) is 2.87. The second-order valence-corrected chi connectivity index (χ2v) is 10.5. The Morgan fingerprint density at radius 1 is 0.970 bits per heavy atom. The topological polar surface area (TPSA) is 84.9 Å². The Bertz CT molecular complexity index is 868. The third-order valence-electron chi connectivity index (χ3n) is 8.20.